The summed E-state index contributed by atoms with van der Waals surface area (Å²) in [5.74, 6) is 0.997. The molecule has 1 amide bonds. The van der Waals surface area contributed by atoms with E-state index in [2.05, 4.69) is 15.6 Å². The molecule has 78 valence electrons. The summed E-state index contributed by atoms with van der Waals surface area (Å²) in [4.78, 5) is 15.2. The highest BCUT2D eigenvalue weighted by Gasteiger charge is 2.01. The summed E-state index contributed by atoms with van der Waals surface area (Å²) in [6, 6.07) is 0. The van der Waals surface area contributed by atoms with Crippen molar-refractivity contribution in [2.24, 2.45) is 7.05 Å². The van der Waals surface area contributed by atoms with Gasteiger partial charge in [0.2, 0.25) is 5.91 Å². The first-order valence-electron chi connectivity index (χ1n) is 4.61. The maximum absolute atomic E-state index is 11.1. The van der Waals surface area contributed by atoms with Crippen LogP contribution in [0.15, 0.2) is 12.4 Å². The highest BCUT2D eigenvalue weighted by atomic mass is 16.1. The molecule has 1 rings (SSSR count). The van der Waals surface area contributed by atoms with Crippen molar-refractivity contribution in [1.29, 1.82) is 0 Å². The number of aryl methyl sites for hydroxylation is 1. The number of carbonyl (C=O) groups is 1. The quantitative estimate of drug-likeness (QED) is 0.654. The number of likely N-dealkylation sites (N-methyl/N-ethyl adjacent to an activating group) is 1. The minimum atomic E-state index is 0.0155. The van der Waals surface area contributed by atoms with E-state index in [0.29, 0.717) is 13.1 Å². The average molecular weight is 196 g/mol. The van der Waals surface area contributed by atoms with Gasteiger partial charge in [0, 0.05) is 32.4 Å². The van der Waals surface area contributed by atoms with Gasteiger partial charge >= 0.3 is 0 Å². The molecule has 1 heterocycles. The monoisotopic (exact) mass is 196 g/mol. The average Bonchev–Trinajstić information content (AvgIpc) is 2.52. The van der Waals surface area contributed by atoms with Gasteiger partial charge in [0.05, 0.1) is 6.54 Å². The molecular weight excluding hydrogens is 180 g/mol. The molecule has 0 aliphatic heterocycles. The molecule has 5 heteroatoms. The lowest BCUT2D eigenvalue weighted by atomic mass is 10.4. The Labute approximate surface area is 83.5 Å². The van der Waals surface area contributed by atoms with Crippen molar-refractivity contribution in [3.05, 3.63) is 18.2 Å². The van der Waals surface area contributed by atoms with Gasteiger partial charge in [-0.25, -0.2) is 4.98 Å². The lowest BCUT2D eigenvalue weighted by molar-refractivity contribution is -0.120. The van der Waals surface area contributed by atoms with Crippen LogP contribution >= 0.6 is 0 Å². The summed E-state index contributed by atoms with van der Waals surface area (Å²) in [6.07, 6.45) is 4.41. The van der Waals surface area contributed by atoms with Crippen molar-refractivity contribution in [3.8, 4) is 0 Å². The van der Waals surface area contributed by atoms with E-state index in [1.54, 1.807) is 13.2 Å². The third kappa shape index (κ3) is 3.18. The molecule has 0 fully saturated rings. The van der Waals surface area contributed by atoms with Gasteiger partial charge in [0.25, 0.3) is 0 Å². The molecule has 1 aromatic rings. The van der Waals surface area contributed by atoms with Crippen LogP contribution < -0.4 is 10.6 Å². The van der Waals surface area contributed by atoms with Crippen molar-refractivity contribution in [3.63, 3.8) is 0 Å². The predicted octanol–water partition coefficient (Wildman–Crippen LogP) is -0.702. The molecule has 5 nitrogen and oxygen atoms in total. The first kappa shape index (κ1) is 10.7. The SMILES string of the molecule is CNCC(=O)NCCc1nccn1C. The number of imidazole rings is 1. The summed E-state index contributed by atoms with van der Waals surface area (Å²) in [5.41, 5.74) is 0. The van der Waals surface area contributed by atoms with Gasteiger partial charge in [0.15, 0.2) is 0 Å². The Hall–Kier alpha value is -1.36. The van der Waals surface area contributed by atoms with Crippen LogP contribution in [0, 0.1) is 0 Å². The fourth-order valence-electron chi connectivity index (χ4n) is 1.17. The van der Waals surface area contributed by atoms with Gasteiger partial charge in [-0.3, -0.25) is 4.79 Å². The standard InChI is InChI=1S/C9H16N4O/c1-10-7-9(14)12-4-3-8-11-5-6-13(8)2/h5-6,10H,3-4,7H2,1-2H3,(H,12,14). The minimum absolute atomic E-state index is 0.0155. The van der Waals surface area contributed by atoms with Gasteiger partial charge in [-0.15, -0.1) is 0 Å². The maximum atomic E-state index is 11.1. The highest BCUT2D eigenvalue weighted by molar-refractivity contribution is 5.77. The summed E-state index contributed by atoms with van der Waals surface area (Å²) in [7, 11) is 3.69. The Morgan fingerprint density at radius 1 is 1.64 bits per heavy atom. The number of rotatable bonds is 5. The molecule has 0 atom stereocenters. The Morgan fingerprint density at radius 3 is 3.00 bits per heavy atom. The van der Waals surface area contributed by atoms with Gasteiger partial charge in [0.1, 0.15) is 5.82 Å². The van der Waals surface area contributed by atoms with Gasteiger partial charge < -0.3 is 15.2 Å². The van der Waals surface area contributed by atoms with Crippen LogP contribution in [0.2, 0.25) is 0 Å². The first-order chi connectivity index (χ1) is 6.74. The zero-order chi connectivity index (χ0) is 10.4. The fourth-order valence-corrected chi connectivity index (χ4v) is 1.17. The summed E-state index contributed by atoms with van der Waals surface area (Å²) < 4.78 is 1.95. The van der Waals surface area contributed by atoms with Crippen molar-refractivity contribution < 1.29 is 4.79 Å². The van der Waals surface area contributed by atoms with Crippen LogP contribution in [0.5, 0.6) is 0 Å². The number of nitrogens with one attached hydrogen (secondary N) is 2. The third-order valence-corrected chi connectivity index (χ3v) is 1.93. The number of hydrogen-bond donors (Lipinski definition) is 2. The second-order valence-electron chi connectivity index (χ2n) is 3.08. The minimum Gasteiger partial charge on any atom is -0.355 e. The van der Waals surface area contributed by atoms with Crippen LogP contribution in [-0.4, -0.2) is 35.6 Å². The maximum Gasteiger partial charge on any atom is 0.233 e. The lowest BCUT2D eigenvalue weighted by Crippen LogP contribution is -2.33. The topological polar surface area (TPSA) is 59.0 Å². The molecule has 0 aliphatic carbocycles. The van der Waals surface area contributed by atoms with Crippen LogP contribution in [0.4, 0.5) is 0 Å². The smallest absolute Gasteiger partial charge is 0.233 e. The molecule has 0 spiro atoms. The molecule has 0 unspecified atom stereocenters. The van der Waals surface area contributed by atoms with E-state index in [1.807, 2.05) is 17.8 Å². The summed E-state index contributed by atoms with van der Waals surface area (Å²) >= 11 is 0. The van der Waals surface area contributed by atoms with Gasteiger partial charge in [-0.2, -0.15) is 0 Å². The van der Waals surface area contributed by atoms with Crippen LogP contribution in [0.1, 0.15) is 5.82 Å². The Kier molecular flexibility index (Phi) is 4.12. The third-order valence-electron chi connectivity index (χ3n) is 1.93. The van der Waals surface area contributed by atoms with Crippen molar-refractivity contribution in [2.75, 3.05) is 20.1 Å². The Bertz CT molecular complexity index is 295. The zero-order valence-electron chi connectivity index (χ0n) is 8.58. The number of amides is 1. The molecule has 0 saturated carbocycles. The molecular formula is C9H16N4O. The zero-order valence-corrected chi connectivity index (χ0v) is 8.58. The molecule has 1 aromatic heterocycles. The highest BCUT2D eigenvalue weighted by Crippen LogP contribution is 1.93. The molecule has 2 N–H and O–H groups in total. The molecule has 0 aromatic carbocycles. The van der Waals surface area contributed by atoms with Crippen molar-refractivity contribution in [2.45, 2.75) is 6.42 Å². The lowest BCUT2D eigenvalue weighted by Gasteiger charge is -2.04. The van der Waals surface area contributed by atoms with Gasteiger partial charge in [-0.1, -0.05) is 0 Å². The van der Waals surface area contributed by atoms with E-state index in [1.165, 1.54) is 0 Å². The van der Waals surface area contributed by atoms with E-state index >= 15 is 0 Å². The second kappa shape index (κ2) is 5.39. The van der Waals surface area contributed by atoms with Crippen LogP contribution in [0.3, 0.4) is 0 Å². The molecule has 0 aliphatic rings. The first-order valence-corrected chi connectivity index (χ1v) is 4.61. The molecule has 0 radical (unpaired) electrons. The number of carbonyl (C=O) groups excluding carboxylic acids is 1. The largest absolute Gasteiger partial charge is 0.355 e. The number of hydrogen-bond acceptors (Lipinski definition) is 3. The normalized spacial score (nSPS) is 10.1. The predicted molar refractivity (Wildman–Crippen MR) is 53.8 cm³/mol. The van der Waals surface area contributed by atoms with Crippen molar-refractivity contribution in [1.82, 2.24) is 20.2 Å². The summed E-state index contributed by atoms with van der Waals surface area (Å²) in [5, 5.41) is 5.58. The Morgan fingerprint density at radius 2 is 2.43 bits per heavy atom. The van der Waals surface area contributed by atoms with Gasteiger partial charge in [-0.05, 0) is 7.05 Å². The number of aromatic nitrogens is 2. The van der Waals surface area contributed by atoms with E-state index < -0.39 is 0 Å². The fraction of sp³-hybridized carbons (Fsp3) is 0.556. The van der Waals surface area contributed by atoms with E-state index in [-0.39, 0.29) is 5.91 Å². The molecule has 14 heavy (non-hydrogen) atoms. The molecule has 0 bridgehead atoms. The van der Waals surface area contributed by atoms with E-state index in [0.717, 1.165) is 12.2 Å². The second-order valence-corrected chi connectivity index (χ2v) is 3.08. The Balaban J connectivity index is 2.22. The van der Waals surface area contributed by atoms with Crippen molar-refractivity contribution >= 4 is 5.91 Å². The van der Waals surface area contributed by atoms with Crippen LogP contribution in [-0.2, 0) is 18.3 Å². The number of nitrogens with zero attached hydrogens (tertiary/aromatic N) is 2. The van der Waals surface area contributed by atoms with E-state index in [9.17, 15) is 4.79 Å². The summed E-state index contributed by atoms with van der Waals surface area (Å²) in [6.45, 7) is 0.992. The van der Waals surface area contributed by atoms with E-state index in [4.69, 9.17) is 0 Å². The van der Waals surface area contributed by atoms with Crippen LogP contribution in [0.25, 0.3) is 0 Å². The molecule has 0 saturated heterocycles.